The summed E-state index contributed by atoms with van der Waals surface area (Å²) in [6.45, 7) is 4.10. The SMILES string of the molecule is Cc1ccccc1/C=N/n1c(-c2ccccc2C)n[nH]c1=S. The molecule has 0 atom stereocenters. The number of rotatable bonds is 3. The van der Waals surface area contributed by atoms with Crippen LogP contribution in [-0.4, -0.2) is 21.1 Å². The van der Waals surface area contributed by atoms with Crippen LogP contribution in [0, 0.1) is 18.6 Å². The van der Waals surface area contributed by atoms with Crippen molar-refractivity contribution in [3.63, 3.8) is 0 Å². The summed E-state index contributed by atoms with van der Waals surface area (Å²) in [7, 11) is 0. The van der Waals surface area contributed by atoms with Crippen LogP contribution < -0.4 is 0 Å². The molecular weight excluding hydrogens is 292 g/mol. The molecule has 0 bridgehead atoms. The van der Waals surface area contributed by atoms with Gasteiger partial charge in [-0.3, -0.25) is 0 Å². The van der Waals surface area contributed by atoms with E-state index in [2.05, 4.69) is 28.3 Å². The normalized spacial score (nSPS) is 11.2. The summed E-state index contributed by atoms with van der Waals surface area (Å²) in [6, 6.07) is 16.1. The van der Waals surface area contributed by atoms with Crippen molar-refractivity contribution >= 4 is 18.4 Å². The molecule has 0 spiro atoms. The van der Waals surface area contributed by atoms with E-state index in [-0.39, 0.29) is 0 Å². The number of aryl methyl sites for hydroxylation is 2. The van der Waals surface area contributed by atoms with E-state index >= 15 is 0 Å². The van der Waals surface area contributed by atoms with Gasteiger partial charge < -0.3 is 0 Å². The molecule has 0 saturated carbocycles. The lowest BCUT2D eigenvalue weighted by Gasteiger charge is -2.04. The third-order valence-corrected chi connectivity index (χ3v) is 3.80. The van der Waals surface area contributed by atoms with E-state index in [1.54, 1.807) is 4.68 Å². The molecule has 1 N–H and O–H groups in total. The van der Waals surface area contributed by atoms with Crippen molar-refractivity contribution in [3.8, 4) is 11.4 Å². The fourth-order valence-corrected chi connectivity index (χ4v) is 2.43. The number of aromatic amines is 1. The smallest absolute Gasteiger partial charge is 0.216 e. The number of hydrogen-bond acceptors (Lipinski definition) is 3. The van der Waals surface area contributed by atoms with Crippen LogP contribution in [0.4, 0.5) is 0 Å². The summed E-state index contributed by atoms with van der Waals surface area (Å²) in [5, 5.41) is 11.6. The molecule has 0 unspecified atom stereocenters. The summed E-state index contributed by atoms with van der Waals surface area (Å²) in [4.78, 5) is 0. The molecule has 110 valence electrons. The highest BCUT2D eigenvalue weighted by atomic mass is 32.1. The van der Waals surface area contributed by atoms with Gasteiger partial charge in [-0.1, -0.05) is 48.5 Å². The molecule has 0 amide bonds. The summed E-state index contributed by atoms with van der Waals surface area (Å²) in [5.74, 6) is 0.716. The summed E-state index contributed by atoms with van der Waals surface area (Å²) in [5.41, 5.74) is 4.36. The Kier molecular flexibility index (Phi) is 3.98. The van der Waals surface area contributed by atoms with E-state index < -0.39 is 0 Å². The van der Waals surface area contributed by atoms with Gasteiger partial charge in [0.25, 0.3) is 0 Å². The van der Waals surface area contributed by atoms with E-state index in [0.29, 0.717) is 10.6 Å². The Hall–Kier alpha value is -2.53. The van der Waals surface area contributed by atoms with Crippen molar-refractivity contribution in [2.75, 3.05) is 0 Å². The molecule has 0 radical (unpaired) electrons. The third kappa shape index (κ3) is 2.76. The molecule has 5 heteroatoms. The minimum Gasteiger partial charge on any atom is -0.250 e. The highest BCUT2D eigenvalue weighted by molar-refractivity contribution is 7.71. The second kappa shape index (κ2) is 6.07. The topological polar surface area (TPSA) is 46.0 Å². The predicted octanol–water partition coefficient (Wildman–Crippen LogP) is 4.11. The van der Waals surface area contributed by atoms with Crippen LogP contribution in [0.25, 0.3) is 11.4 Å². The number of nitrogens with zero attached hydrogens (tertiary/aromatic N) is 3. The summed E-state index contributed by atoms with van der Waals surface area (Å²) < 4.78 is 2.13. The van der Waals surface area contributed by atoms with E-state index in [1.165, 1.54) is 5.56 Å². The quantitative estimate of drug-likeness (QED) is 0.584. The van der Waals surface area contributed by atoms with Gasteiger partial charge in [-0.2, -0.15) is 14.9 Å². The summed E-state index contributed by atoms with van der Waals surface area (Å²) in [6.07, 6.45) is 1.81. The number of hydrogen-bond donors (Lipinski definition) is 1. The minimum atomic E-state index is 0.475. The zero-order chi connectivity index (χ0) is 15.5. The largest absolute Gasteiger partial charge is 0.250 e. The molecule has 2 aromatic carbocycles. The maximum absolute atomic E-state index is 5.30. The van der Waals surface area contributed by atoms with Crippen molar-refractivity contribution in [2.24, 2.45) is 5.10 Å². The molecular formula is C17H16N4S. The molecule has 3 rings (SSSR count). The zero-order valence-electron chi connectivity index (χ0n) is 12.4. The molecule has 0 saturated heterocycles. The van der Waals surface area contributed by atoms with Crippen LogP contribution in [0.5, 0.6) is 0 Å². The van der Waals surface area contributed by atoms with Crippen molar-refractivity contribution in [1.82, 2.24) is 14.9 Å². The second-order valence-electron chi connectivity index (χ2n) is 5.08. The molecule has 0 aliphatic carbocycles. The van der Waals surface area contributed by atoms with Crippen LogP contribution in [0.1, 0.15) is 16.7 Å². The number of nitrogens with one attached hydrogen (secondary N) is 1. The Balaban J connectivity index is 2.06. The molecule has 22 heavy (non-hydrogen) atoms. The molecule has 3 aromatic rings. The number of aromatic nitrogens is 3. The third-order valence-electron chi connectivity index (χ3n) is 3.54. The van der Waals surface area contributed by atoms with Gasteiger partial charge in [-0.15, -0.1) is 0 Å². The van der Waals surface area contributed by atoms with Crippen LogP contribution in [0.15, 0.2) is 53.6 Å². The maximum atomic E-state index is 5.30. The highest BCUT2D eigenvalue weighted by Crippen LogP contribution is 2.21. The van der Waals surface area contributed by atoms with Crippen molar-refractivity contribution in [3.05, 3.63) is 70.0 Å². The van der Waals surface area contributed by atoms with E-state index in [9.17, 15) is 0 Å². The molecule has 1 heterocycles. The van der Waals surface area contributed by atoms with Gasteiger partial charge in [0.05, 0.1) is 6.21 Å². The molecule has 0 aliphatic heterocycles. The monoisotopic (exact) mass is 308 g/mol. The van der Waals surface area contributed by atoms with Gasteiger partial charge in [0, 0.05) is 5.56 Å². The Labute approximate surface area is 134 Å². The van der Waals surface area contributed by atoms with Gasteiger partial charge in [0.2, 0.25) is 4.77 Å². The highest BCUT2D eigenvalue weighted by Gasteiger charge is 2.10. The standard InChI is InChI=1S/C17H16N4S/c1-12-7-3-5-9-14(12)11-18-21-16(19-20-17(21)22)15-10-6-4-8-13(15)2/h3-11H,1-2H3,(H,20,22)/b18-11+. The van der Waals surface area contributed by atoms with Gasteiger partial charge in [-0.25, -0.2) is 5.10 Å². The van der Waals surface area contributed by atoms with Gasteiger partial charge in [-0.05, 0) is 42.8 Å². The fraction of sp³-hybridized carbons (Fsp3) is 0.118. The number of benzene rings is 2. The summed E-state index contributed by atoms with van der Waals surface area (Å²) >= 11 is 5.30. The zero-order valence-corrected chi connectivity index (χ0v) is 13.3. The van der Waals surface area contributed by atoms with Crippen molar-refractivity contribution < 1.29 is 0 Å². The average Bonchev–Trinajstić information content (AvgIpc) is 2.88. The Morgan fingerprint density at radius 2 is 1.73 bits per heavy atom. The lowest BCUT2D eigenvalue weighted by atomic mass is 10.1. The number of H-pyrrole nitrogens is 1. The molecule has 4 nitrogen and oxygen atoms in total. The molecule has 1 aromatic heterocycles. The maximum Gasteiger partial charge on any atom is 0.216 e. The Morgan fingerprint density at radius 1 is 1.05 bits per heavy atom. The van der Waals surface area contributed by atoms with Crippen LogP contribution in [-0.2, 0) is 0 Å². The van der Waals surface area contributed by atoms with Gasteiger partial charge in [0.15, 0.2) is 5.82 Å². The first kappa shape index (κ1) is 14.4. The first-order valence-electron chi connectivity index (χ1n) is 7.00. The van der Waals surface area contributed by atoms with E-state index in [1.807, 2.05) is 55.6 Å². The lowest BCUT2D eigenvalue weighted by Crippen LogP contribution is -1.97. The Morgan fingerprint density at radius 3 is 2.45 bits per heavy atom. The van der Waals surface area contributed by atoms with E-state index in [0.717, 1.165) is 16.7 Å². The minimum absolute atomic E-state index is 0.475. The van der Waals surface area contributed by atoms with Gasteiger partial charge >= 0.3 is 0 Å². The van der Waals surface area contributed by atoms with Crippen molar-refractivity contribution in [1.29, 1.82) is 0 Å². The molecule has 0 fully saturated rings. The Bertz CT molecular complexity index is 889. The first-order chi connectivity index (χ1) is 10.7. The molecule has 0 aliphatic rings. The lowest BCUT2D eigenvalue weighted by molar-refractivity contribution is 0.870. The van der Waals surface area contributed by atoms with Crippen LogP contribution in [0.3, 0.4) is 0 Å². The predicted molar refractivity (Wildman–Crippen MR) is 91.8 cm³/mol. The van der Waals surface area contributed by atoms with Crippen molar-refractivity contribution in [2.45, 2.75) is 13.8 Å². The average molecular weight is 308 g/mol. The van der Waals surface area contributed by atoms with E-state index in [4.69, 9.17) is 12.2 Å². The van der Waals surface area contributed by atoms with Crippen LogP contribution in [0.2, 0.25) is 0 Å². The fourth-order valence-electron chi connectivity index (χ4n) is 2.25. The second-order valence-corrected chi connectivity index (χ2v) is 5.47. The van der Waals surface area contributed by atoms with Crippen LogP contribution >= 0.6 is 12.2 Å². The first-order valence-corrected chi connectivity index (χ1v) is 7.41. The van der Waals surface area contributed by atoms with Gasteiger partial charge in [0.1, 0.15) is 0 Å².